The predicted octanol–water partition coefficient (Wildman–Crippen LogP) is 3.46. The third kappa shape index (κ3) is 3.71. The van der Waals surface area contributed by atoms with Crippen molar-refractivity contribution in [2.24, 2.45) is 5.92 Å². The summed E-state index contributed by atoms with van der Waals surface area (Å²) in [6, 6.07) is 2.45. The van der Waals surface area contributed by atoms with Crippen LogP contribution in [0.1, 0.15) is 25.8 Å². The minimum Gasteiger partial charge on any atom is -0.382 e. The van der Waals surface area contributed by atoms with Gasteiger partial charge in [0, 0.05) is 30.0 Å². The van der Waals surface area contributed by atoms with Crippen LogP contribution < -0.4 is 5.32 Å². The van der Waals surface area contributed by atoms with Gasteiger partial charge in [0.25, 0.3) is 0 Å². The maximum absolute atomic E-state index is 5.79. The fourth-order valence-corrected chi connectivity index (χ4v) is 1.76. The van der Waals surface area contributed by atoms with Crippen molar-refractivity contribution >= 4 is 17.3 Å². The van der Waals surface area contributed by atoms with Gasteiger partial charge < -0.3 is 5.32 Å². The highest BCUT2D eigenvalue weighted by atomic mass is 35.5. The van der Waals surface area contributed by atoms with Crippen LogP contribution in [0.4, 0.5) is 5.69 Å². The lowest BCUT2D eigenvalue weighted by Gasteiger charge is -2.23. The van der Waals surface area contributed by atoms with Gasteiger partial charge >= 0.3 is 0 Å². The van der Waals surface area contributed by atoms with Gasteiger partial charge in [-0.15, -0.1) is 11.6 Å². The molecule has 0 aromatic carbocycles. The quantitative estimate of drug-likeness (QED) is 0.778. The fourth-order valence-electron chi connectivity index (χ4n) is 1.52. The summed E-state index contributed by atoms with van der Waals surface area (Å²) in [7, 11) is 0. The second-order valence-electron chi connectivity index (χ2n) is 4.16. The number of rotatable bonds is 5. The normalized spacial score (nSPS) is 12.9. The van der Waals surface area contributed by atoms with E-state index < -0.39 is 0 Å². The molecule has 0 spiro atoms. The highest BCUT2D eigenvalue weighted by molar-refractivity contribution is 6.17. The molecule has 0 aliphatic heterocycles. The van der Waals surface area contributed by atoms with Crippen molar-refractivity contribution in [3.8, 4) is 0 Å². The molecule has 1 aromatic heterocycles. The summed E-state index contributed by atoms with van der Waals surface area (Å²) < 4.78 is 0. The van der Waals surface area contributed by atoms with E-state index in [-0.39, 0.29) is 0 Å². The molecule has 1 N–H and O–H groups in total. The molecule has 0 amide bonds. The minimum atomic E-state index is 0.434. The first-order valence-corrected chi connectivity index (χ1v) is 5.91. The Morgan fingerprint density at radius 3 is 2.73 bits per heavy atom. The van der Waals surface area contributed by atoms with Crippen LogP contribution in [-0.2, 0) is 0 Å². The lowest BCUT2D eigenvalue weighted by atomic mass is 10.0. The van der Waals surface area contributed by atoms with Crippen molar-refractivity contribution < 1.29 is 0 Å². The number of aromatic nitrogens is 1. The van der Waals surface area contributed by atoms with Gasteiger partial charge in [0.15, 0.2) is 0 Å². The van der Waals surface area contributed by atoms with Crippen molar-refractivity contribution in [3.05, 3.63) is 24.0 Å². The Bertz CT molecular complexity index is 299. The molecule has 0 saturated heterocycles. The molecule has 15 heavy (non-hydrogen) atoms. The average Bonchev–Trinajstić information content (AvgIpc) is 2.20. The summed E-state index contributed by atoms with van der Waals surface area (Å²) in [5, 5.41) is 3.52. The number of halogens is 1. The molecule has 1 unspecified atom stereocenters. The van der Waals surface area contributed by atoms with Crippen molar-refractivity contribution in [2.45, 2.75) is 33.2 Å². The Morgan fingerprint density at radius 2 is 2.20 bits per heavy atom. The fraction of sp³-hybridized carbons (Fsp3) is 0.583. The molecule has 0 aliphatic rings. The summed E-state index contributed by atoms with van der Waals surface area (Å²) in [4.78, 5) is 4.08. The summed E-state index contributed by atoms with van der Waals surface area (Å²) >= 11 is 5.79. The molecule has 3 heteroatoms. The van der Waals surface area contributed by atoms with E-state index in [9.17, 15) is 0 Å². The molecule has 1 aromatic rings. The van der Waals surface area contributed by atoms with Crippen molar-refractivity contribution in [1.29, 1.82) is 0 Å². The minimum absolute atomic E-state index is 0.434. The first-order valence-electron chi connectivity index (χ1n) is 5.38. The Hall–Kier alpha value is -0.760. The first-order chi connectivity index (χ1) is 7.15. The van der Waals surface area contributed by atoms with Gasteiger partial charge in [-0.05, 0) is 30.9 Å². The van der Waals surface area contributed by atoms with Crippen LogP contribution in [0.5, 0.6) is 0 Å². The molecular weight excluding hydrogens is 208 g/mol. The van der Waals surface area contributed by atoms with Crippen LogP contribution >= 0.6 is 11.6 Å². The number of nitrogens with zero attached hydrogens (tertiary/aromatic N) is 1. The number of anilines is 1. The largest absolute Gasteiger partial charge is 0.382 e. The van der Waals surface area contributed by atoms with E-state index in [4.69, 9.17) is 11.6 Å². The van der Waals surface area contributed by atoms with Crippen LogP contribution in [-0.4, -0.2) is 16.9 Å². The molecule has 1 heterocycles. The van der Waals surface area contributed by atoms with Gasteiger partial charge in [-0.2, -0.15) is 0 Å². The number of hydrogen-bond acceptors (Lipinski definition) is 2. The van der Waals surface area contributed by atoms with Gasteiger partial charge in [-0.3, -0.25) is 4.98 Å². The topological polar surface area (TPSA) is 24.9 Å². The molecule has 1 rings (SSSR count). The zero-order chi connectivity index (χ0) is 11.3. The predicted molar refractivity (Wildman–Crippen MR) is 66.6 cm³/mol. The van der Waals surface area contributed by atoms with E-state index >= 15 is 0 Å². The van der Waals surface area contributed by atoms with Gasteiger partial charge in [-0.25, -0.2) is 0 Å². The summed E-state index contributed by atoms with van der Waals surface area (Å²) in [5.41, 5.74) is 2.34. The Kier molecular flexibility index (Phi) is 4.89. The van der Waals surface area contributed by atoms with E-state index in [0.717, 1.165) is 12.1 Å². The number of hydrogen-bond donors (Lipinski definition) is 1. The Balaban J connectivity index is 2.69. The Labute approximate surface area is 97.1 Å². The van der Waals surface area contributed by atoms with Crippen molar-refractivity contribution in [2.75, 3.05) is 11.2 Å². The summed E-state index contributed by atoms with van der Waals surface area (Å²) in [6.07, 6.45) is 4.68. The number of nitrogens with one attached hydrogen (secondary N) is 1. The van der Waals surface area contributed by atoms with Crippen molar-refractivity contribution in [1.82, 2.24) is 4.98 Å². The first kappa shape index (κ1) is 12.3. The molecule has 0 radical (unpaired) electrons. The summed E-state index contributed by atoms with van der Waals surface area (Å²) in [6.45, 7) is 6.48. The summed E-state index contributed by atoms with van der Waals surface area (Å²) in [5.74, 6) is 1.27. The van der Waals surface area contributed by atoms with Crippen molar-refractivity contribution in [3.63, 3.8) is 0 Å². The van der Waals surface area contributed by atoms with Crippen LogP contribution in [0, 0.1) is 12.8 Å². The third-order valence-electron chi connectivity index (χ3n) is 2.59. The van der Waals surface area contributed by atoms with Crippen LogP contribution in [0.15, 0.2) is 18.5 Å². The lowest BCUT2D eigenvalue weighted by Crippen LogP contribution is -2.26. The number of alkyl halides is 1. The van der Waals surface area contributed by atoms with Gasteiger partial charge in [0.2, 0.25) is 0 Å². The Morgan fingerprint density at radius 1 is 1.47 bits per heavy atom. The van der Waals surface area contributed by atoms with Crippen LogP contribution in [0.2, 0.25) is 0 Å². The SMILES string of the molecule is Cc1cnccc1NC(CCCl)C(C)C. The molecule has 0 saturated carbocycles. The van der Waals surface area contributed by atoms with E-state index in [1.165, 1.54) is 5.56 Å². The highest BCUT2D eigenvalue weighted by Gasteiger charge is 2.12. The average molecular weight is 227 g/mol. The monoisotopic (exact) mass is 226 g/mol. The van der Waals surface area contributed by atoms with E-state index in [1.54, 1.807) is 0 Å². The van der Waals surface area contributed by atoms with E-state index in [0.29, 0.717) is 17.8 Å². The van der Waals surface area contributed by atoms with E-state index in [2.05, 4.69) is 31.1 Å². The van der Waals surface area contributed by atoms with Crippen LogP contribution in [0.3, 0.4) is 0 Å². The molecule has 0 aliphatic carbocycles. The third-order valence-corrected chi connectivity index (χ3v) is 2.80. The zero-order valence-corrected chi connectivity index (χ0v) is 10.4. The molecular formula is C12H19ClN2. The molecule has 2 nitrogen and oxygen atoms in total. The maximum atomic E-state index is 5.79. The molecule has 84 valence electrons. The number of pyridine rings is 1. The molecule has 1 atom stereocenters. The van der Waals surface area contributed by atoms with Gasteiger partial charge in [0.05, 0.1) is 0 Å². The van der Waals surface area contributed by atoms with E-state index in [1.807, 2.05) is 18.5 Å². The second-order valence-corrected chi connectivity index (χ2v) is 4.54. The van der Waals surface area contributed by atoms with Gasteiger partial charge in [-0.1, -0.05) is 13.8 Å². The highest BCUT2D eigenvalue weighted by Crippen LogP contribution is 2.18. The maximum Gasteiger partial charge on any atom is 0.0403 e. The second kappa shape index (κ2) is 5.96. The number of aryl methyl sites for hydroxylation is 1. The van der Waals surface area contributed by atoms with Crippen LogP contribution in [0.25, 0.3) is 0 Å². The molecule has 0 fully saturated rings. The lowest BCUT2D eigenvalue weighted by molar-refractivity contribution is 0.513. The zero-order valence-electron chi connectivity index (χ0n) is 9.63. The smallest absolute Gasteiger partial charge is 0.0403 e. The molecule has 0 bridgehead atoms. The standard InChI is InChI=1S/C12H19ClN2/c1-9(2)11(4-6-13)15-12-5-7-14-8-10(12)3/h5,7-9,11H,4,6H2,1-3H3,(H,14,15). The van der Waals surface area contributed by atoms with Gasteiger partial charge in [0.1, 0.15) is 0 Å².